The van der Waals surface area contributed by atoms with Crippen molar-refractivity contribution in [3.8, 4) is 0 Å². The molecule has 3 heteroatoms. The van der Waals surface area contributed by atoms with Crippen LogP contribution >= 0.6 is 0 Å². The van der Waals surface area contributed by atoms with Crippen molar-refractivity contribution < 1.29 is 4.74 Å². The number of rotatable bonds is 9. The van der Waals surface area contributed by atoms with E-state index in [1.54, 1.807) is 0 Å². The molecule has 1 aliphatic heterocycles. The Labute approximate surface area is 127 Å². The first-order chi connectivity index (χ1) is 9.72. The van der Waals surface area contributed by atoms with E-state index >= 15 is 0 Å². The van der Waals surface area contributed by atoms with Crippen LogP contribution in [0.4, 0.5) is 0 Å². The van der Waals surface area contributed by atoms with Crippen LogP contribution in [0, 0.1) is 0 Å². The van der Waals surface area contributed by atoms with Gasteiger partial charge in [0, 0.05) is 19.1 Å². The standard InChI is InChI=1S/C15H32N2O.C2H6/c1-4-10-17-11-12-18-15(13-17)8-6-5-7-9-16-14(2)3;1-2/h14-16H,4-13H2,1-3H3;1-2H3. The molecule has 20 heavy (non-hydrogen) atoms. The highest BCUT2D eigenvalue weighted by Gasteiger charge is 2.18. The monoisotopic (exact) mass is 286 g/mol. The third kappa shape index (κ3) is 10.6. The fourth-order valence-corrected chi connectivity index (χ4v) is 2.54. The quantitative estimate of drug-likeness (QED) is 0.654. The van der Waals surface area contributed by atoms with E-state index < -0.39 is 0 Å². The van der Waals surface area contributed by atoms with E-state index in [0.29, 0.717) is 12.1 Å². The lowest BCUT2D eigenvalue weighted by molar-refractivity contribution is -0.0328. The molecule has 0 aromatic rings. The third-order valence-corrected chi connectivity index (χ3v) is 3.52. The number of morpholine rings is 1. The molecule has 1 aliphatic rings. The Morgan fingerprint density at radius 1 is 1.20 bits per heavy atom. The van der Waals surface area contributed by atoms with Crippen molar-refractivity contribution in [2.24, 2.45) is 0 Å². The molecule has 0 aromatic carbocycles. The van der Waals surface area contributed by atoms with E-state index in [4.69, 9.17) is 4.74 Å². The van der Waals surface area contributed by atoms with E-state index in [2.05, 4.69) is 31.0 Å². The van der Waals surface area contributed by atoms with Crippen LogP contribution in [0.25, 0.3) is 0 Å². The van der Waals surface area contributed by atoms with E-state index in [1.807, 2.05) is 13.8 Å². The molecule has 0 amide bonds. The minimum Gasteiger partial charge on any atom is -0.376 e. The van der Waals surface area contributed by atoms with Crippen LogP contribution in [-0.4, -0.2) is 49.8 Å². The smallest absolute Gasteiger partial charge is 0.0702 e. The van der Waals surface area contributed by atoms with Crippen molar-refractivity contribution in [1.29, 1.82) is 0 Å². The molecule has 0 radical (unpaired) electrons. The van der Waals surface area contributed by atoms with Crippen LogP contribution in [0.1, 0.15) is 66.7 Å². The molecule has 0 aromatic heterocycles. The highest BCUT2D eigenvalue weighted by molar-refractivity contribution is 4.71. The molecule has 3 nitrogen and oxygen atoms in total. The maximum Gasteiger partial charge on any atom is 0.0702 e. The lowest BCUT2D eigenvalue weighted by Crippen LogP contribution is -2.42. The summed E-state index contributed by atoms with van der Waals surface area (Å²) in [6.07, 6.45) is 6.92. The largest absolute Gasteiger partial charge is 0.376 e. The van der Waals surface area contributed by atoms with Gasteiger partial charge in [0.05, 0.1) is 12.7 Å². The van der Waals surface area contributed by atoms with E-state index in [1.165, 1.54) is 38.6 Å². The van der Waals surface area contributed by atoms with Crippen LogP contribution < -0.4 is 5.32 Å². The molecule has 0 aliphatic carbocycles. The summed E-state index contributed by atoms with van der Waals surface area (Å²) >= 11 is 0. The maximum atomic E-state index is 5.84. The normalized spacial score (nSPS) is 19.8. The van der Waals surface area contributed by atoms with Gasteiger partial charge in [-0.2, -0.15) is 0 Å². The summed E-state index contributed by atoms with van der Waals surface area (Å²) in [6, 6.07) is 0.620. The fraction of sp³-hybridized carbons (Fsp3) is 1.00. The van der Waals surface area contributed by atoms with Gasteiger partial charge in [0.1, 0.15) is 0 Å². The van der Waals surface area contributed by atoms with Gasteiger partial charge in [0.25, 0.3) is 0 Å². The molecule has 1 N–H and O–H groups in total. The highest BCUT2D eigenvalue weighted by atomic mass is 16.5. The molecular weight excluding hydrogens is 248 g/mol. The molecular formula is C17H38N2O. The fourth-order valence-electron chi connectivity index (χ4n) is 2.54. The number of hydrogen-bond donors (Lipinski definition) is 1. The minimum absolute atomic E-state index is 0.489. The summed E-state index contributed by atoms with van der Waals surface area (Å²) in [5.74, 6) is 0. The van der Waals surface area contributed by atoms with Gasteiger partial charge in [0.15, 0.2) is 0 Å². The van der Waals surface area contributed by atoms with E-state index in [9.17, 15) is 0 Å². The van der Waals surface area contributed by atoms with Crippen LogP contribution in [-0.2, 0) is 4.74 Å². The number of hydrogen-bond acceptors (Lipinski definition) is 3. The summed E-state index contributed by atoms with van der Waals surface area (Å²) in [6.45, 7) is 16.3. The second-order valence-electron chi connectivity index (χ2n) is 5.75. The second kappa shape index (κ2) is 13.8. The Morgan fingerprint density at radius 2 is 1.95 bits per heavy atom. The lowest BCUT2D eigenvalue weighted by atomic mass is 10.1. The maximum absolute atomic E-state index is 5.84. The zero-order valence-electron chi connectivity index (χ0n) is 14.6. The Kier molecular flexibility index (Phi) is 13.8. The molecule has 1 rings (SSSR count). The molecule has 1 atom stereocenters. The van der Waals surface area contributed by atoms with Crippen molar-refractivity contribution in [2.75, 3.05) is 32.8 Å². The Bertz CT molecular complexity index is 195. The van der Waals surface area contributed by atoms with Gasteiger partial charge in [-0.25, -0.2) is 0 Å². The third-order valence-electron chi connectivity index (χ3n) is 3.52. The zero-order valence-corrected chi connectivity index (χ0v) is 14.6. The van der Waals surface area contributed by atoms with Crippen LogP contribution in [0.15, 0.2) is 0 Å². The molecule has 1 heterocycles. The molecule has 0 saturated carbocycles. The van der Waals surface area contributed by atoms with Crippen molar-refractivity contribution in [3.05, 3.63) is 0 Å². The van der Waals surface area contributed by atoms with Crippen LogP contribution in [0.3, 0.4) is 0 Å². The predicted molar refractivity (Wildman–Crippen MR) is 89.4 cm³/mol. The first kappa shape index (κ1) is 19.9. The topological polar surface area (TPSA) is 24.5 Å². The van der Waals surface area contributed by atoms with Gasteiger partial charge in [-0.3, -0.25) is 4.90 Å². The van der Waals surface area contributed by atoms with E-state index in [-0.39, 0.29) is 0 Å². The van der Waals surface area contributed by atoms with Gasteiger partial charge in [-0.15, -0.1) is 0 Å². The van der Waals surface area contributed by atoms with Crippen molar-refractivity contribution in [3.63, 3.8) is 0 Å². The zero-order chi connectivity index (χ0) is 15.2. The van der Waals surface area contributed by atoms with Gasteiger partial charge < -0.3 is 10.1 Å². The van der Waals surface area contributed by atoms with Gasteiger partial charge in [-0.1, -0.05) is 47.5 Å². The van der Waals surface area contributed by atoms with Gasteiger partial charge >= 0.3 is 0 Å². The first-order valence-corrected chi connectivity index (χ1v) is 8.79. The molecule has 122 valence electrons. The summed E-state index contributed by atoms with van der Waals surface area (Å²) in [5.41, 5.74) is 0. The lowest BCUT2D eigenvalue weighted by Gasteiger charge is -2.32. The second-order valence-corrected chi connectivity index (χ2v) is 5.75. The average Bonchev–Trinajstić information content (AvgIpc) is 2.45. The minimum atomic E-state index is 0.489. The van der Waals surface area contributed by atoms with Gasteiger partial charge in [-0.05, 0) is 32.4 Å². The highest BCUT2D eigenvalue weighted by Crippen LogP contribution is 2.12. The molecule has 1 fully saturated rings. The van der Waals surface area contributed by atoms with Crippen molar-refractivity contribution in [1.82, 2.24) is 10.2 Å². The average molecular weight is 287 g/mol. The number of ether oxygens (including phenoxy) is 1. The number of nitrogens with zero attached hydrogens (tertiary/aromatic N) is 1. The van der Waals surface area contributed by atoms with Crippen LogP contribution in [0.5, 0.6) is 0 Å². The Morgan fingerprint density at radius 3 is 2.60 bits per heavy atom. The number of nitrogens with one attached hydrogen (secondary N) is 1. The summed E-state index contributed by atoms with van der Waals surface area (Å²) < 4.78 is 5.84. The predicted octanol–water partition coefficient (Wildman–Crippen LogP) is 3.68. The SMILES string of the molecule is CC.CCCN1CCOC(CCCCCNC(C)C)C1. The Balaban J connectivity index is 0.00000172. The molecule has 0 bridgehead atoms. The molecule has 1 unspecified atom stereocenters. The van der Waals surface area contributed by atoms with Gasteiger partial charge in [0.2, 0.25) is 0 Å². The van der Waals surface area contributed by atoms with Crippen LogP contribution in [0.2, 0.25) is 0 Å². The van der Waals surface area contributed by atoms with E-state index in [0.717, 1.165) is 26.2 Å². The molecule has 1 saturated heterocycles. The molecule has 0 spiro atoms. The van der Waals surface area contributed by atoms with Crippen molar-refractivity contribution in [2.45, 2.75) is 78.9 Å². The Hall–Kier alpha value is -0.120. The summed E-state index contributed by atoms with van der Waals surface area (Å²) in [7, 11) is 0. The number of unbranched alkanes of at least 4 members (excludes halogenated alkanes) is 2. The summed E-state index contributed by atoms with van der Waals surface area (Å²) in [4.78, 5) is 2.55. The van der Waals surface area contributed by atoms with Crippen molar-refractivity contribution >= 4 is 0 Å². The first-order valence-electron chi connectivity index (χ1n) is 8.79. The summed E-state index contributed by atoms with van der Waals surface area (Å²) in [5, 5.41) is 3.47.